The monoisotopic (exact) mass is 388 g/mol. The van der Waals surface area contributed by atoms with Crippen LogP contribution in [-0.2, 0) is 6.42 Å². The number of benzene rings is 3. The van der Waals surface area contributed by atoms with Crippen LogP contribution in [0, 0.1) is 11.3 Å². The van der Waals surface area contributed by atoms with E-state index in [1.54, 1.807) is 19.2 Å². The number of anilines is 1. The highest BCUT2D eigenvalue weighted by Crippen LogP contribution is 2.31. The molecular formula is C24H24N2O3. The van der Waals surface area contributed by atoms with Gasteiger partial charge in [-0.2, -0.15) is 5.26 Å². The zero-order valence-electron chi connectivity index (χ0n) is 16.3. The van der Waals surface area contributed by atoms with Crippen LogP contribution in [0.1, 0.15) is 22.7 Å². The molecule has 1 unspecified atom stereocenters. The number of nitrogens with zero attached hydrogens (tertiary/aromatic N) is 1. The van der Waals surface area contributed by atoms with E-state index in [0.717, 1.165) is 17.7 Å². The van der Waals surface area contributed by atoms with Crippen molar-refractivity contribution in [3.8, 4) is 17.6 Å². The van der Waals surface area contributed by atoms with Crippen LogP contribution in [0.25, 0.3) is 0 Å². The van der Waals surface area contributed by atoms with Gasteiger partial charge in [0.05, 0.1) is 38.0 Å². The lowest BCUT2D eigenvalue weighted by Gasteiger charge is -2.20. The zero-order chi connectivity index (χ0) is 20.5. The Labute approximate surface area is 171 Å². The van der Waals surface area contributed by atoms with Crippen molar-refractivity contribution >= 4 is 5.69 Å². The summed E-state index contributed by atoms with van der Waals surface area (Å²) in [5, 5.41) is 22.0. The number of nitrogens with one attached hydrogen (secondary N) is 1. The number of hydrogen-bond acceptors (Lipinski definition) is 5. The third-order valence-electron chi connectivity index (χ3n) is 4.62. The third-order valence-corrected chi connectivity index (χ3v) is 4.62. The van der Waals surface area contributed by atoms with Gasteiger partial charge in [-0.1, -0.05) is 36.4 Å². The van der Waals surface area contributed by atoms with Gasteiger partial charge in [0.1, 0.15) is 0 Å². The number of methoxy groups -OCH3 is 1. The standard InChI is InChI=1S/C24H24N2O3/c1-28-24-15-20(22(17-27)26-21-10-7-19(16-25)8-11-21)9-12-23(24)29-14-13-18-5-3-2-4-6-18/h2-12,15,22,26-27H,13-14,17H2,1H3. The highest BCUT2D eigenvalue weighted by molar-refractivity contribution is 5.51. The molecule has 0 fully saturated rings. The molecule has 0 heterocycles. The lowest BCUT2D eigenvalue weighted by atomic mass is 10.1. The zero-order valence-corrected chi connectivity index (χ0v) is 16.3. The summed E-state index contributed by atoms with van der Waals surface area (Å²) in [6.45, 7) is 0.462. The topological polar surface area (TPSA) is 74.5 Å². The van der Waals surface area contributed by atoms with E-state index in [-0.39, 0.29) is 12.6 Å². The minimum Gasteiger partial charge on any atom is -0.493 e. The lowest BCUT2D eigenvalue weighted by molar-refractivity contribution is 0.275. The summed E-state index contributed by atoms with van der Waals surface area (Å²) in [6, 6.07) is 24.7. The van der Waals surface area contributed by atoms with Crippen molar-refractivity contribution in [3.05, 3.63) is 89.5 Å². The molecule has 3 aromatic rings. The van der Waals surface area contributed by atoms with E-state index in [4.69, 9.17) is 14.7 Å². The Morgan fingerprint density at radius 2 is 1.76 bits per heavy atom. The molecule has 0 spiro atoms. The fourth-order valence-corrected chi connectivity index (χ4v) is 3.02. The molecule has 0 aliphatic carbocycles. The van der Waals surface area contributed by atoms with Crippen molar-refractivity contribution < 1.29 is 14.6 Å². The molecule has 0 saturated heterocycles. The highest BCUT2D eigenvalue weighted by Gasteiger charge is 2.14. The number of rotatable bonds is 9. The minimum atomic E-state index is -0.310. The molecule has 1 atom stereocenters. The Hall–Kier alpha value is -3.49. The van der Waals surface area contributed by atoms with Gasteiger partial charge in [-0.25, -0.2) is 0 Å². The summed E-state index contributed by atoms with van der Waals surface area (Å²) < 4.78 is 11.4. The van der Waals surface area contributed by atoms with Gasteiger partial charge >= 0.3 is 0 Å². The maximum Gasteiger partial charge on any atom is 0.161 e. The first-order valence-electron chi connectivity index (χ1n) is 9.45. The van der Waals surface area contributed by atoms with E-state index in [1.165, 1.54) is 5.56 Å². The number of aliphatic hydroxyl groups is 1. The van der Waals surface area contributed by atoms with Crippen molar-refractivity contribution in [2.24, 2.45) is 0 Å². The number of nitriles is 1. The molecule has 0 radical (unpaired) electrons. The smallest absolute Gasteiger partial charge is 0.161 e. The first-order valence-corrected chi connectivity index (χ1v) is 9.45. The molecule has 2 N–H and O–H groups in total. The van der Waals surface area contributed by atoms with E-state index < -0.39 is 0 Å². The van der Waals surface area contributed by atoms with Crippen LogP contribution < -0.4 is 14.8 Å². The number of ether oxygens (including phenoxy) is 2. The Kier molecular flexibility index (Phi) is 7.10. The van der Waals surface area contributed by atoms with Crippen LogP contribution in [0.4, 0.5) is 5.69 Å². The summed E-state index contributed by atoms with van der Waals surface area (Å²) in [5.74, 6) is 1.29. The van der Waals surface area contributed by atoms with Gasteiger partial charge in [0.2, 0.25) is 0 Å². The molecule has 0 bridgehead atoms. The van der Waals surface area contributed by atoms with E-state index in [9.17, 15) is 5.11 Å². The second-order valence-electron chi connectivity index (χ2n) is 6.56. The van der Waals surface area contributed by atoms with Crippen LogP contribution in [-0.4, -0.2) is 25.4 Å². The van der Waals surface area contributed by atoms with Crippen molar-refractivity contribution in [2.75, 3.05) is 25.6 Å². The van der Waals surface area contributed by atoms with Gasteiger partial charge < -0.3 is 19.9 Å². The number of aliphatic hydroxyl groups excluding tert-OH is 1. The first-order chi connectivity index (χ1) is 14.2. The molecular weight excluding hydrogens is 364 g/mol. The van der Waals surface area contributed by atoms with Gasteiger partial charge in [0.25, 0.3) is 0 Å². The van der Waals surface area contributed by atoms with E-state index in [0.29, 0.717) is 23.7 Å². The summed E-state index contributed by atoms with van der Waals surface area (Å²) in [6.07, 6.45) is 0.811. The molecule has 3 aromatic carbocycles. The van der Waals surface area contributed by atoms with Crippen molar-refractivity contribution in [1.82, 2.24) is 0 Å². The molecule has 0 aromatic heterocycles. The highest BCUT2D eigenvalue weighted by atomic mass is 16.5. The molecule has 0 aliphatic heterocycles. The largest absolute Gasteiger partial charge is 0.493 e. The SMILES string of the molecule is COc1cc(C(CO)Nc2ccc(C#N)cc2)ccc1OCCc1ccccc1. The molecule has 5 nitrogen and oxygen atoms in total. The fourth-order valence-electron chi connectivity index (χ4n) is 3.02. The molecule has 5 heteroatoms. The van der Waals surface area contributed by atoms with Crippen LogP contribution in [0.3, 0.4) is 0 Å². The Bertz CT molecular complexity index is 950. The second-order valence-corrected chi connectivity index (χ2v) is 6.56. The first kappa shape index (κ1) is 20.2. The average Bonchev–Trinajstić information content (AvgIpc) is 2.79. The maximum atomic E-state index is 9.86. The van der Waals surface area contributed by atoms with Crippen LogP contribution >= 0.6 is 0 Å². The predicted octanol–water partition coefficient (Wildman–Crippen LogP) is 4.33. The van der Waals surface area contributed by atoms with Gasteiger partial charge in [0, 0.05) is 12.1 Å². The van der Waals surface area contributed by atoms with Crippen molar-refractivity contribution in [2.45, 2.75) is 12.5 Å². The maximum absolute atomic E-state index is 9.86. The molecule has 3 rings (SSSR count). The quantitative estimate of drug-likeness (QED) is 0.571. The van der Waals surface area contributed by atoms with Crippen molar-refractivity contribution in [3.63, 3.8) is 0 Å². The van der Waals surface area contributed by atoms with E-state index in [1.807, 2.05) is 48.5 Å². The Morgan fingerprint density at radius 3 is 2.41 bits per heavy atom. The number of hydrogen-bond donors (Lipinski definition) is 2. The van der Waals surface area contributed by atoms with E-state index >= 15 is 0 Å². The van der Waals surface area contributed by atoms with Gasteiger partial charge in [0.15, 0.2) is 11.5 Å². The molecule has 29 heavy (non-hydrogen) atoms. The van der Waals surface area contributed by atoms with Crippen LogP contribution in [0.2, 0.25) is 0 Å². The normalized spacial score (nSPS) is 11.3. The lowest BCUT2D eigenvalue weighted by Crippen LogP contribution is -2.15. The molecule has 0 aliphatic rings. The molecule has 148 valence electrons. The Balaban J connectivity index is 1.67. The third kappa shape index (κ3) is 5.50. The van der Waals surface area contributed by atoms with Crippen LogP contribution in [0.5, 0.6) is 11.5 Å². The summed E-state index contributed by atoms with van der Waals surface area (Å²) in [4.78, 5) is 0. The average molecular weight is 388 g/mol. The van der Waals surface area contributed by atoms with Gasteiger partial charge in [-0.3, -0.25) is 0 Å². The second kappa shape index (κ2) is 10.2. The van der Waals surface area contributed by atoms with E-state index in [2.05, 4.69) is 23.5 Å². The van der Waals surface area contributed by atoms with Gasteiger partial charge in [-0.15, -0.1) is 0 Å². The summed E-state index contributed by atoms with van der Waals surface area (Å²) in [7, 11) is 1.60. The summed E-state index contributed by atoms with van der Waals surface area (Å²) in [5.41, 5.74) is 3.51. The minimum absolute atomic E-state index is 0.0859. The van der Waals surface area contributed by atoms with Crippen molar-refractivity contribution in [1.29, 1.82) is 5.26 Å². The van der Waals surface area contributed by atoms with Crippen LogP contribution in [0.15, 0.2) is 72.8 Å². The Morgan fingerprint density at radius 1 is 1.00 bits per heavy atom. The molecule has 0 saturated carbocycles. The predicted molar refractivity (Wildman–Crippen MR) is 113 cm³/mol. The van der Waals surface area contributed by atoms with Gasteiger partial charge in [-0.05, 0) is 47.5 Å². The molecule has 0 amide bonds. The fraction of sp³-hybridized carbons (Fsp3) is 0.208. The summed E-state index contributed by atoms with van der Waals surface area (Å²) >= 11 is 0.